The van der Waals surface area contributed by atoms with Gasteiger partial charge in [0.1, 0.15) is 12.2 Å². The number of furan rings is 1. The minimum absolute atomic E-state index is 0.103. The molecule has 24 heavy (non-hydrogen) atoms. The summed E-state index contributed by atoms with van der Waals surface area (Å²) in [5.74, 6) is -0.268. The van der Waals surface area contributed by atoms with E-state index in [9.17, 15) is 9.59 Å². The smallest absolute Gasteiger partial charge is 0.317 e. The molecule has 2 saturated heterocycles. The molecule has 5 unspecified atom stereocenters. The lowest BCUT2D eigenvalue weighted by Gasteiger charge is -2.43. The molecule has 2 aliphatic carbocycles. The molecule has 4 aliphatic rings. The second-order valence-corrected chi connectivity index (χ2v) is 7.57. The zero-order chi connectivity index (χ0) is 16.5. The van der Waals surface area contributed by atoms with Gasteiger partial charge < -0.3 is 13.9 Å². The van der Waals surface area contributed by atoms with Crippen molar-refractivity contribution in [3.05, 3.63) is 35.3 Å². The molecule has 1 spiro atoms. The van der Waals surface area contributed by atoms with Crippen LogP contribution in [0.15, 0.2) is 34.2 Å². The Bertz CT molecular complexity index is 746. The molecule has 2 aliphatic heterocycles. The maximum absolute atomic E-state index is 13.0. The van der Waals surface area contributed by atoms with Crippen LogP contribution in [0.3, 0.4) is 0 Å². The van der Waals surface area contributed by atoms with Gasteiger partial charge in [-0.25, -0.2) is 0 Å². The van der Waals surface area contributed by atoms with Crippen molar-refractivity contribution >= 4 is 11.9 Å². The Morgan fingerprint density at radius 3 is 2.88 bits per heavy atom. The first kappa shape index (κ1) is 14.3. The lowest BCUT2D eigenvalue weighted by Crippen LogP contribution is -2.44. The Balaban J connectivity index is 1.63. The van der Waals surface area contributed by atoms with E-state index in [0.29, 0.717) is 12.8 Å². The third-order valence-corrected chi connectivity index (χ3v) is 6.52. The van der Waals surface area contributed by atoms with Crippen LogP contribution in [0.4, 0.5) is 0 Å². The highest BCUT2D eigenvalue weighted by atomic mass is 16.6. The van der Waals surface area contributed by atoms with Crippen molar-refractivity contribution in [3.63, 3.8) is 0 Å². The van der Waals surface area contributed by atoms with Crippen molar-refractivity contribution in [3.8, 4) is 0 Å². The highest BCUT2D eigenvalue weighted by Crippen LogP contribution is 2.61. The fraction of sp³-hybridized carbons (Fsp3) is 0.579. The van der Waals surface area contributed by atoms with Gasteiger partial charge >= 0.3 is 11.9 Å². The topological polar surface area (TPSA) is 65.7 Å². The summed E-state index contributed by atoms with van der Waals surface area (Å²) in [6.45, 7) is 2.10. The van der Waals surface area contributed by atoms with E-state index < -0.39 is 5.41 Å². The van der Waals surface area contributed by atoms with Crippen molar-refractivity contribution in [2.75, 3.05) is 0 Å². The van der Waals surface area contributed by atoms with E-state index in [2.05, 4.69) is 6.92 Å². The molecule has 5 atom stereocenters. The molecule has 0 bridgehead atoms. The maximum Gasteiger partial charge on any atom is 0.317 e. The average molecular weight is 328 g/mol. The summed E-state index contributed by atoms with van der Waals surface area (Å²) in [6.07, 6.45) is 6.88. The predicted octanol–water partition coefficient (Wildman–Crippen LogP) is 3.32. The summed E-state index contributed by atoms with van der Waals surface area (Å²) >= 11 is 0. The van der Waals surface area contributed by atoms with E-state index in [-0.39, 0.29) is 36.0 Å². The van der Waals surface area contributed by atoms with Crippen LogP contribution in [0, 0.1) is 17.3 Å². The fourth-order valence-corrected chi connectivity index (χ4v) is 5.36. The van der Waals surface area contributed by atoms with E-state index >= 15 is 0 Å². The van der Waals surface area contributed by atoms with Gasteiger partial charge in [0.05, 0.1) is 23.9 Å². The van der Waals surface area contributed by atoms with Crippen molar-refractivity contribution < 1.29 is 23.5 Å². The standard InChI is InChI=1S/C19H20O5/c1-10-7-14-16-12(17(20)23-14)3-2-4-13(16)19(10)8-15(24-18(19)21)11-5-6-22-9-11/h5-6,9-10,12,14-15H,2-4,7-8H2,1H3. The summed E-state index contributed by atoms with van der Waals surface area (Å²) in [5.41, 5.74) is 2.56. The Morgan fingerprint density at radius 1 is 1.21 bits per heavy atom. The number of carbonyl (C=O) groups is 2. The zero-order valence-electron chi connectivity index (χ0n) is 13.6. The van der Waals surface area contributed by atoms with Crippen molar-refractivity contribution in [1.82, 2.24) is 0 Å². The van der Waals surface area contributed by atoms with E-state index in [1.165, 1.54) is 0 Å². The molecule has 1 aromatic rings. The SMILES string of the molecule is CC1CC2OC(=O)C3CCCC(=C23)C12CC(c1ccoc1)OC2=O. The number of hydrogen-bond donors (Lipinski definition) is 0. The summed E-state index contributed by atoms with van der Waals surface area (Å²) in [7, 11) is 0. The number of rotatable bonds is 1. The average Bonchev–Trinajstić information content (AvgIpc) is 3.26. The maximum atomic E-state index is 13.0. The van der Waals surface area contributed by atoms with Gasteiger partial charge in [0.25, 0.3) is 0 Å². The third kappa shape index (κ3) is 1.65. The molecular formula is C19H20O5. The molecule has 3 heterocycles. The van der Waals surface area contributed by atoms with Gasteiger partial charge in [-0.15, -0.1) is 0 Å². The molecule has 0 N–H and O–H groups in total. The first-order valence-corrected chi connectivity index (χ1v) is 8.78. The quantitative estimate of drug-likeness (QED) is 0.584. The van der Waals surface area contributed by atoms with Crippen LogP contribution < -0.4 is 0 Å². The van der Waals surface area contributed by atoms with Gasteiger partial charge in [-0.2, -0.15) is 0 Å². The Labute approximate surface area is 140 Å². The van der Waals surface area contributed by atoms with Crippen LogP contribution in [0.2, 0.25) is 0 Å². The van der Waals surface area contributed by atoms with Gasteiger partial charge in [0, 0.05) is 12.0 Å². The van der Waals surface area contributed by atoms with Gasteiger partial charge in [-0.1, -0.05) is 6.92 Å². The normalized spacial score (nSPS) is 40.7. The number of hydrogen-bond acceptors (Lipinski definition) is 5. The van der Waals surface area contributed by atoms with Gasteiger partial charge in [0.2, 0.25) is 0 Å². The molecule has 5 rings (SSSR count). The number of ether oxygens (including phenoxy) is 2. The Morgan fingerprint density at radius 2 is 2.08 bits per heavy atom. The molecule has 0 saturated carbocycles. The van der Waals surface area contributed by atoms with Crippen molar-refractivity contribution in [1.29, 1.82) is 0 Å². The second-order valence-electron chi connectivity index (χ2n) is 7.57. The zero-order valence-corrected chi connectivity index (χ0v) is 13.6. The first-order chi connectivity index (χ1) is 11.6. The summed E-state index contributed by atoms with van der Waals surface area (Å²) in [4.78, 5) is 25.2. The number of fused-ring (bicyclic) bond motifs is 1. The van der Waals surface area contributed by atoms with Crippen LogP contribution in [-0.2, 0) is 19.1 Å². The van der Waals surface area contributed by atoms with E-state index in [4.69, 9.17) is 13.9 Å². The predicted molar refractivity (Wildman–Crippen MR) is 82.6 cm³/mol. The monoisotopic (exact) mass is 328 g/mol. The summed E-state index contributed by atoms with van der Waals surface area (Å²) in [5, 5.41) is 0. The molecule has 5 nitrogen and oxygen atoms in total. The molecule has 5 heteroatoms. The molecule has 0 aromatic carbocycles. The molecule has 0 radical (unpaired) electrons. The van der Waals surface area contributed by atoms with Gasteiger partial charge in [0.15, 0.2) is 0 Å². The largest absolute Gasteiger partial charge is 0.472 e. The van der Waals surface area contributed by atoms with Crippen LogP contribution in [0.5, 0.6) is 0 Å². The Kier molecular flexibility index (Phi) is 2.83. The van der Waals surface area contributed by atoms with Crippen LogP contribution >= 0.6 is 0 Å². The number of esters is 2. The summed E-state index contributed by atoms with van der Waals surface area (Å²) < 4.78 is 16.6. The lowest BCUT2D eigenvalue weighted by atomic mass is 9.57. The molecule has 2 fully saturated rings. The first-order valence-electron chi connectivity index (χ1n) is 8.78. The summed E-state index contributed by atoms with van der Waals surface area (Å²) in [6, 6.07) is 1.86. The van der Waals surface area contributed by atoms with Crippen LogP contribution in [-0.4, -0.2) is 18.0 Å². The lowest BCUT2D eigenvalue weighted by molar-refractivity contribution is -0.150. The van der Waals surface area contributed by atoms with Crippen LogP contribution in [0.25, 0.3) is 0 Å². The second kappa shape index (κ2) is 4.74. The van der Waals surface area contributed by atoms with E-state index in [0.717, 1.165) is 36.0 Å². The molecular weight excluding hydrogens is 308 g/mol. The Hall–Kier alpha value is -2.04. The molecule has 0 amide bonds. The molecule has 126 valence electrons. The fourth-order valence-electron chi connectivity index (χ4n) is 5.36. The van der Waals surface area contributed by atoms with Crippen LogP contribution in [0.1, 0.15) is 50.7 Å². The minimum Gasteiger partial charge on any atom is -0.472 e. The number of cyclic esters (lactones) is 1. The van der Waals surface area contributed by atoms with Gasteiger partial charge in [-0.05, 0) is 48.8 Å². The highest BCUT2D eigenvalue weighted by Gasteiger charge is 2.62. The number of carbonyl (C=O) groups excluding carboxylic acids is 2. The van der Waals surface area contributed by atoms with Crippen molar-refractivity contribution in [2.24, 2.45) is 17.3 Å². The highest BCUT2D eigenvalue weighted by molar-refractivity contribution is 5.87. The van der Waals surface area contributed by atoms with Gasteiger partial charge in [-0.3, -0.25) is 9.59 Å². The minimum atomic E-state index is -0.597. The van der Waals surface area contributed by atoms with Crippen molar-refractivity contribution in [2.45, 2.75) is 51.2 Å². The third-order valence-electron chi connectivity index (χ3n) is 6.52. The molecule has 1 aromatic heterocycles. The van der Waals surface area contributed by atoms with E-state index in [1.54, 1.807) is 12.5 Å². The van der Waals surface area contributed by atoms with E-state index in [1.807, 2.05) is 6.07 Å².